The normalized spacial score (nSPS) is 13.6. The number of benzene rings is 2. The highest BCUT2D eigenvalue weighted by molar-refractivity contribution is 5.77. The summed E-state index contributed by atoms with van der Waals surface area (Å²) >= 11 is 0. The number of methoxy groups -OCH3 is 1. The van der Waals surface area contributed by atoms with E-state index in [1.54, 1.807) is 7.11 Å². The van der Waals surface area contributed by atoms with Crippen molar-refractivity contribution in [1.29, 1.82) is 0 Å². The first-order valence-corrected chi connectivity index (χ1v) is 13.5. The average Bonchev–Trinajstić information content (AvgIpc) is 3.60. The number of ether oxygens (including phenoxy) is 2. The van der Waals surface area contributed by atoms with Crippen molar-refractivity contribution in [1.82, 2.24) is 19.6 Å². The van der Waals surface area contributed by atoms with Crippen molar-refractivity contribution in [2.45, 2.75) is 32.6 Å². The topological polar surface area (TPSA) is 68.1 Å². The molecule has 198 valence electrons. The minimum atomic E-state index is 0.0660. The second-order valence-corrected chi connectivity index (χ2v) is 9.64. The molecular weight excluding hydrogens is 476 g/mol. The number of hydrogen-bond donors (Lipinski definition) is 1. The molecule has 0 unspecified atom stereocenters. The van der Waals surface area contributed by atoms with E-state index in [1.165, 1.54) is 12.8 Å². The molecule has 2 aromatic carbocycles. The summed E-state index contributed by atoms with van der Waals surface area (Å²) in [7, 11) is 1.67. The van der Waals surface area contributed by atoms with E-state index in [9.17, 15) is 4.79 Å². The van der Waals surface area contributed by atoms with Gasteiger partial charge in [0.05, 0.1) is 25.1 Å². The Labute approximate surface area is 224 Å². The van der Waals surface area contributed by atoms with Crippen molar-refractivity contribution in [3.8, 4) is 33.9 Å². The van der Waals surface area contributed by atoms with Crippen LogP contribution in [0.2, 0.25) is 0 Å². The van der Waals surface area contributed by atoms with Crippen molar-refractivity contribution in [3.05, 3.63) is 72.6 Å². The maximum atomic E-state index is 12.8. The Bertz CT molecular complexity index is 1390. The molecule has 7 heteroatoms. The summed E-state index contributed by atoms with van der Waals surface area (Å²) in [6, 6.07) is 20.2. The smallest absolute Gasteiger partial charge is 0.220 e. The lowest BCUT2D eigenvalue weighted by molar-refractivity contribution is -0.121. The Hall–Kier alpha value is -3.84. The molecule has 5 rings (SSSR count). The largest absolute Gasteiger partial charge is 0.497 e. The number of imidazole rings is 1. The third-order valence-corrected chi connectivity index (χ3v) is 7.08. The Morgan fingerprint density at radius 3 is 2.53 bits per heavy atom. The zero-order valence-electron chi connectivity index (χ0n) is 22.3. The standard InChI is InChI=1S/C31H36N4O3/c1-3-38-27-11-6-8-23(20-27)25-12-14-29-33-31(24-9-7-10-26(21-24)37-2)28(35(29)22-25)13-15-30(36)32-16-19-34-17-4-5-18-34/h6-12,14,20-22H,3-5,13,15-19H2,1-2H3,(H,32,36). The van der Waals surface area contributed by atoms with E-state index in [-0.39, 0.29) is 5.91 Å². The molecule has 0 atom stereocenters. The van der Waals surface area contributed by atoms with Crippen LogP contribution >= 0.6 is 0 Å². The predicted molar refractivity (Wildman–Crippen MR) is 151 cm³/mol. The van der Waals surface area contributed by atoms with Crippen LogP contribution in [0.25, 0.3) is 28.0 Å². The Morgan fingerprint density at radius 2 is 1.74 bits per heavy atom. The highest BCUT2D eigenvalue weighted by atomic mass is 16.5. The summed E-state index contributed by atoms with van der Waals surface area (Å²) in [5.74, 6) is 1.69. The van der Waals surface area contributed by atoms with Crippen molar-refractivity contribution in [3.63, 3.8) is 0 Å². The van der Waals surface area contributed by atoms with Crippen molar-refractivity contribution >= 4 is 11.6 Å². The SMILES string of the molecule is CCOc1cccc(-c2ccc3nc(-c4cccc(OC)c4)c(CCC(=O)NCCN4CCCC4)n3c2)c1. The molecule has 1 amide bonds. The Kier molecular flexibility index (Phi) is 8.24. The zero-order valence-corrected chi connectivity index (χ0v) is 22.3. The molecule has 1 aliphatic heterocycles. The van der Waals surface area contributed by atoms with Crippen LogP contribution in [0, 0.1) is 0 Å². The van der Waals surface area contributed by atoms with Gasteiger partial charge in [-0.1, -0.05) is 24.3 Å². The fourth-order valence-corrected chi connectivity index (χ4v) is 5.12. The average molecular weight is 513 g/mol. The van der Waals surface area contributed by atoms with Gasteiger partial charge in [-0.25, -0.2) is 4.98 Å². The number of aromatic nitrogens is 2. The van der Waals surface area contributed by atoms with Gasteiger partial charge in [0.2, 0.25) is 5.91 Å². The van der Waals surface area contributed by atoms with E-state index in [0.29, 0.717) is 26.0 Å². The second-order valence-electron chi connectivity index (χ2n) is 9.64. The summed E-state index contributed by atoms with van der Waals surface area (Å²) < 4.78 is 13.3. The molecule has 2 aromatic heterocycles. The number of pyridine rings is 1. The molecule has 0 aliphatic carbocycles. The zero-order chi connectivity index (χ0) is 26.3. The minimum Gasteiger partial charge on any atom is -0.497 e. The van der Waals surface area contributed by atoms with Gasteiger partial charge in [-0.2, -0.15) is 0 Å². The number of aryl methyl sites for hydroxylation is 1. The first kappa shape index (κ1) is 25.8. The Morgan fingerprint density at radius 1 is 0.974 bits per heavy atom. The molecule has 3 heterocycles. The molecular formula is C31H36N4O3. The molecule has 1 aliphatic rings. The highest BCUT2D eigenvalue weighted by Crippen LogP contribution is 2.31. The number of amides is 1. The Balaban J connectivity index is 1.43. The molecule has 0 bridgehead atoms. The molecule has 1 fully saturated rings. The summed E-state index contributed by atoms with van der Waals surface area (Å²) in [5, 5.41) is 3.11. The maximum Gasteiger partial charge on any atom is 0.220 e. The van der Waals surface area contributed by atoms with Crippen LogP contribution < -0.4 is 14.8 Å². The van der Waals surface area contributed by atoms with Gasteiger partial charge in [-0.05, 0) is 86.8 Å². The lowest BCUT2D eigenvalue weighted by Crippen LogP contribution is -2.33. The summed E-state index contributed by atoms with van der Waals surface area (Å²) in [5.41, 5.74) is 5.82. The summed E-state index contributed by atoms with van der Waals surface area (Å²) in [6.45, 7) is 6.49. The number of nitrogens with zero attached hydrogens (tertiary/aromatic N) is 3. The summed E-state index contributed by atoms with van der Waals surface area (Å²) in [4.78, 5) is 20.2. The van der Waals surface area contributed by atoms with Gasteiger partial charge >= 0.3 is 0 Å². The first-order valence-electron chi connectivity index (χ1n) is 13.5. The lowest BCUT2D eigenvalue weighted by atomic mass is 10.1. The van der Waals surface area contributed by atoms with Crippen LogP contribution in [-0.4, -0.2) is 60.1 Å². The second kappa shape index (κ2) is 12.1. The van der Waals surface area contributed by atoms with E-state index in [0.717, 1.165) is 64.9 Å². The van der Waals surface area contributed by atoms with Crippen LogP contribution in [0.3, 0.4) is 0 Å². The van der Waals surface area contributed by atoms with Crippen molar-refractivity contribution < 1.29 is 14.3 Å². The van der Waals surface area contributed by atoms with Crippen LogP contribution in [0.4, 0.5) is 0 Å². The number of fused-ring (bicyclic) bond motifs is 1. The van der Waals surface area contributed by atoms with Gasteiger partial charge in [0, 0.05) is 31.3 Å². The lowest BCUT2D eigenvalue weighted by Gasteiger charge is -2.14. The maximum absolute atomic E-state index is 12.8. The quantitative estimate of drug-likeness (QED) is 0.298. The van der Waals surface area contributed by atoms with Crippen molar-refractivity contribution in [2.24, 2.45) is 0 Å². The molecule has 1 saturated heterocycles. The number of rotatable bonds is 11. The van der Waals surface area contributed by atoms with E-state index in [4.69, 9.17) is 14.5 Å². The van der Waals surface area contributed by atoms with Gasteiger partial charge in [0.25, 0.3) is 0 Å². The molecule has 4 aromatic rings. The minimum absolute atomic E-state index is 0.0660. The first-order chi connectivity index (χ1) is 18.6. The van der Waals surface area contributed by atoms with Gasteiger partial charge in [0.1, 0.15) is 17.1 Å². The number of likely N-dealkylation sites (tertiary alicyclic amines) is 1. The third-order valence-electron chi connectivity index (χ3n) is 7.08. The van der Waals surface area contributed by atoms with Gasteiger partial charge in [0.15, 0.2) is 0 Å². The van der Waals surface area contributed by atoms with E-state index < -0.39 is 0 Å². The number of nitrogens with one attached hydrogen (secondary N) is 1. The van der Waals surface area contributed by atoms with E-state index >= 15 is 0 Å². The number of hydrogen-bond acceptors (Lipinski definition) is 5. The molecule has 0 spiro atoms. The molecule has 0 saturated carbocycles. The van der Waals surface area contributed by atoms with Crippen LogP contribution in [0.5, 0.6) is 11.5 Å². The van der Waals surface area contributed by atoms with Gasteiger partial charge in [-0.15, -0.1) is 0 Å². The summed E-state index contributed by atoms with van der Waals surface area (Å²) in [6.07, 6.45) is 5.60. The molecule has 7 nitrogen and oxygen atoms in total. The fourth-order valence-electron chi connectivity index (χ4n) is 5.12. The van der Waals surface area contributed by atoms with E-state index in [1.807, 2.05) is 49.4 Å². The predicted octanol–water partition coefficient (Wildman–Crippen LogP) is 5.22. The van der Waals surface area contributed by atoms with Crippen LogP contribution in [0.15, 0.2) is 66.9 Å². The number of carbonyl (C=O) groups is 1. The van der Waals surface area contributed by atoms with Crippen LogP contribution in [-0.2, 0) is 11.2 Å². The van der Waals surface area contributed by atoms with Gasteiger partial charge < -0.3 is 24.1 Å². The van der Waals surface area contributed by atoms with Gasteiger partial charge in [-0.3, -0.25) is 4.79 Å². The number of carbonyl (C=O) groups excluding carboxylic acids is 1. The fraction of sp³-hybridized carbons (Fsp3) is 0.355. The monoisotopic (exact) mass is 512 g/mol. The van der Waals surface area contributed by atoms with Crippen LogP contribution in [0.1, 0.15) is 31.9 Å². The molecule has 1 N–H and O–H groups in total. The molecule has 38 heavy (non-hydrogen) atoms. The van der Waals surface area contributed by atoms with Crippen molar-refractivity contribution in [2.75, 3.05) is 39.9 Å². The highest BCUT2D eigenvalue weighted by Gasteiger charge is 2.17. The third kappa shape index (κ3) is 6.00. The molecule has 0 radical (unpaired) electrons. The van der Waals surface area contributed by atoms with E-state index in [2.05, 4.69) is 39.0 Å².